The molecule has 0 radical (unpaired) electrons. The molecule has 0 bridgehead atoms. The summed E-state index contributed by atoms with van der Waals surface area (Å²) in [5, 5.41) is 6.77. The molecule has 1 saturated carbocycles. The minimum atomic E-state index is -0.289. The molecule has 1 N–H and O–H groups in total. The van der Waals surface area contributed by atoms with Gasteiger partial charge < -0.3 is 4.57 Å². The molecule has 5 aromatic rings. The Labute approximate surface area is 204 Å². The Morgan fingerprint density at radius 3 is 2.20 bits per heavy atom. The number of amides is 1. The Kier molecular flexibility index (Phi) is 5.22. The van der Waals surface area contributed by atoms with Crippen molar-refractivity contribution in [2.45, 2.75) is 25.3 Å². The number of para-hydroxylation sites is 1. The van der Waals surface area contributed by atoms with E-state index in [2.05, 4.69) is 88.7 Å². The van der Waals surface area contributed by atoms with Gasteiger partial charge in [0.1, 0.15) is 0 Å². The number of hydrazone groups is 1. The monoisotopic (exact) mass is 457 g/mol. The predicted molar refractivity (Wildman–Crippen MR) is 143 cm³/mol. The third-order valence-corrected chi connectivity index (χ3v) is 7.36. The largest absolute Gasteiger partial charge is 0.341 e. The van der Waals surface area contributed by atoms with Gasteiger partial charge in [-0.15, -0.1) is 0 Å². The van der Waals surface area contributed by atoms with Crippen LogP contribution in [-0.2, 0) is 16.8 Å². The molecule has 1 atom stereocenters. The van der Waals surface area contributed by atoms with Gasteiger partial charge in [0.25, 0.3) is 0 Å². The Morgan fingerprint density at radius 1 is 0.886 bits per heavy atom. The van der Waals surface area contributed by atoms with E-state index >= 15 is 0 Å². The van der Waals surface area contributed by atoms with E-state index in [0.717, 1.165) is 18.5 Å². The van der Waals surface area contributed by atoms with Crippen LogP contribution in [0.3, 0.4) is 0 Å². The molecule has 1 unspecified atom stereocenters. The fourth-order valence-electron chi connectivity index (χ4n) is 5.60. The lowest BCUT2D eigenvalue weighted by atomic mass is 9.85. The van der Waals surface area contributed by atoms with E-state index in [1.165, 1.54) is 32.9 Å². The number of nitrogens with zero attached hydrogens (tertiary/aromatic N) is 2. The summed E-state index contributed by atoms with van der Waals surface area (Å²) < 4.78 is 2.33. The van der Waals surface area contributed by atoms with Crippen molar-refractivity contribution in [1.82, 2.24) is 9.99 Å². The topological polar surface area (TPSA) is 46.4 Å². The Bertz CT molecular complexity index is 1510. The summed E-state index contributed by atoms with van der Waals surface area (Å²) in [5.74, 6) is -0.188. The molecule has 35 heavy (non-hydrogen) atoms. The zero-order valence-corrected chi connectivity index (χ0v) is 19.7. The molecule has 1 amide bonds. The quantitative estimate of drug-likeness (QED) is 0.237. The molecule has 0 aliphatic heterocycles. The van der Waals surface area contributed by atoms with E-state index in [1.807, 2.05) is 36.4 Å². The molecule has 6 rings (SSSR count). The lowest BCUT2D eigenvalue weighted by molar-refractivity contribution is -0.122. The van der Waals surface area contributed by atoms with Gasteiger partial charge in [0.15, 0.2) is 0 Å². The second-order valence-corrected chi connectivity index (χ2v) is 9.23. The van der Waals surface area contributed by atoms with Gasteiger partial charge in [0, 0.05) is 33.8 Å². The number of aryl methyl sites for hydroxylation is 1. The maximum absolute atomic E-state index is 13.2. The summed E-state index contributed by atoms with van der Waals surface area (Å²) in [6.07, 6.45) is 2.52. The van der Waals surface area contributed by atoms with Crippen molar-refractivity contribution in [2.75, 3.05) is 0 Å². The van der Waals surface area contributed by atoms with Gasteiger partial charge in [-0.3, -0.25) is 4.79 Å². The standard InChI is InChI=1S/C31H27N3O/c1-2-34-28-16-10-9-15-25(28)26-19-22(17-18-29(26)34)21-32-33-30(35)27-20-31(27,23-11-5-3-6-12-23)24-13-7-4-8-14-24/h3-19,21,27H,2,20H2,1H3,(H,33,35). The summed E-state index contributed by atoms with van der Waals surface area (Å²) in [6, 6.07) is 35.5. The highest BCUT2D eigenvalue weighted by Crippen LogP contribution is 2.58. The van der Waals surface area contributed by atoms with Gasteiger partial charge in [-0.2, -0.15) is 5.10 Å². The second kappa shape index (κ2) is 8.55. The van der Waals surface area contributed by atoms with Crippen molar-refractivity contribution >= 4 is 33.9 Å². The van der Waals surface area contributed by atoms with Crippen LogP contribution in [0.5, 0.6) is 0 Å². The maximum atomic E-state index is 13.2. The lowest BCUT2D eigenvalue weighted by Crippen LogP contribution is -2.25. The summed E-state index contributed by atoms with van der Waals surface area (Å²) in [4.78, 5) is 13.2. The van der Waals surface area contributed by atoms with Crippen LogP contribution >= 0.6 is 0 Å². The van der Waals surface area contributed by atoms with Crippen molar-refractivity contribution in [3.8, 4) is 0 Å². The SMILES string of the molecule is CCn1c2ccccc2c2cc(C=NNC(=O)C3CC3(c3ccccc3)c3ccccc3)ccc21. The number of nitrogens with one attached hydrogen (secondary N) is 1. The summed E-state index contributed by atoms with van der Waals surface area (Å²) in [6.45, 7) is 3.08. The number of hydrogen-bond donors (Lipinski definition) is 1. The molecule has 4 aromatic carbocycles. The van der Waals surface area contributed by atoms with Crippen molar-refractivity contribution in [3.63, 3.8) is 0 Å². The van der Waals surface area contributed by atoms with Gasteiger partial charge in [0.05, 0.1) is 12.1 Å². The third kappa shape index (κ3) is 3.53. The van der Waals surface area contributed by atoms with E-state index < -0.39 is 0 Å². The number of hydrogen-bond acceptors (Lipinski definition) is 2. The van der Waals surface area contributed by atoms with Crippen LogP contribution < -0.4 is 5.43 Å². The number of fused-ring (bicyclic) bond motifs is 3. The summed E-state index contributed by atoms with van der Waals surface area (Å²) in [5.41, 5.74) is 8.28. The third-order valence-electron chi connectivity index (χ3n) is 7.36. The van der Waals surface area contributed by atoms with Crippen LogP contribution in [-0.4, -0.2) is 16.7 Å². The minimum absolute atomic E-state index is 0.0439. The van der Waals surface area contributed by atoms with E-state index in [0.29, 0.717) is 0 Å². The van der Waals surface area contributed by atoms with Crippen molar-refractivity contribution in [2.24, 2.45) is 11.0 Å². The molecule has 4 heteroatoms. The zero-order valence-electron chi connectivity index (χ0n) is 19.7. The smallest absolute Gasteiger partial charge is 0.244 e. The molecule has 172 valence electrons. The second-order valence-electron chi connectivity index (χ2n) is 9.23. The van der Waals surface area contributed by atoms with E-state index in [1.54, 1.807) is 6.21 Å². The molecule has 1 aliphatic rings. The first-order valence-corrected chi connectivity index (χ1v) is 12.2. The Balaban J connectivity index is 1.25. The first-order chi connectivity index (χ1) is 17.2. The van der Waals surface area contributed by atoms with Crippen molar-refractivity contribution < 1.29 is 4.79 Å². The molecule has 1 aromatic heterocycles. The fourth-order valence-corrected chi connectivity index (χ4v) is 5.60. The lowest BCUT2D eigenvalue weighted by Gasteiger charge is -2.18. The van der Waals surface area contributed by atoms with Crippen LogP contribution in [0.25, 0.3) is 21.8 Å². The van der Waals surface area contributed by atoms with E-state index in [4.69, 9.17) is 0 Å². The van der Waals surface area contributed by atoms with Crippen molar-refractivity contribution in [3.05, 3.63) is 120 Å². The highest BCUT2D eigenvalue weighted by Gasteiger charge is 2.60. The molecule has 1 heterocycles. The molecule has 1 fully saturated rings. The number of carbonyl (C=O) groups excluding carboxylic acids is 1. The fraction of sp³-hybridized carbons (Fsp3) is 0.161. The number of carbonyl (C=O) groups is 1. The number of benzene rings is 4. The molecule has 1 aliphatic carbocycles. The first-order valence-electron chi connectivity index (χ1n) is 12.2. The molecular formula is C31H27N3O. The maximum Gasteiger partial charge on any atom is 0.244 e. The predicted octanol–water partition coefficient (Wildman–Crippen LogP) is 6.27. The Hall–Kier alpha value is -4.18. The average molecular weight is 458 g/mol. The first kappa shape index (κ1) is 21.4. The minimum Gasteiger partial charge on any atom is -0.341 e. The van der Waals surface area contributed by atoms with Gasteiger partial charge in [-0.1, -0.05) is 84.9 Å². The zero-order chi connectivity index (χ0) is 23.8. The van der Waals surface area contributed by atoms with Gasteiger partial charge in [-0.05, 0) is 48.2 Å². The van der Waals surface area contributed by atoms with E-state index in [-0.39, 0.29) is 17.2 Å². The van der Waals surface area contributed by atoms with Crippen LogP contribution in [0.1, 0.15) is 30.0 Å². The molecule has 0 saturated heterocycles. The summed E-state index contributed by atoms with van der Waals surface area (Å²) in [7, 11) is 0. The average Bonchev–Trinajstić information content (AvgIpc) is 3.61. The highest BCUT2D eigenvalue weighted by atomic mass is 16.2. The number of aromatic nitrogens is 1. The van der Waals surface area contributed by atoms with Gasteiger partial charge in [-0.25, -0.2) is 5.43 Å². The van der Waals surface area contributed by atoms with Crippen LogP contribution in [0.4, 0.5) is 0 Å². The number of rotatable bonds is 6. The van der Waals surface area contributed by atoms with Crippen LogP contribution in [0, 0.1) is 5.92 Å². The van der Waals surface area contributed by atoms with E-state index in [9.17, 15) is 4.79 Å². The van der Waals surface area contributed by atoms with Gasteiger partial charge in [0.2, 0.25) is 5.91 Å². The van der Waals surface area contributed by atoms with Crippen LogP contribution in [0.2, 0.25) is 0 Å². The normalized spacial score (nSPS) is 16.7. The van der Waals surface area contributed by atoms with Gasteiger partial charge >= 0.3 is 0 Å². The van der Waals surface area contributed by atoms with Crippen molar-refractivity contribution in [1.29, 1.82) is 0 Å². The Morgan fingerprint density at radius 2 is 1.51 bits per heavy atom. The summed E-state index contributed by atoms with van der Waals surface area (Å²) >= 11 is 0. The molecular weight excluding hydrogens is 430 g/mol. The van der Waals surface area contributed by atoms with Crippen LogP contribution in [0.15, 0.2) is 108 Å². The highest BCUT2D eigenvalue weighted by molar-refractivity contribution is 6.09. The molecule has 0 spiro atoms. The molecule has 4 nitrogen and oxygen atoms in total.